The molecule has 2 amide bonds. The van der Waals surface area contributed by atoms with Gasteiger partial charge >= 0.3 is 0 Å². The van der Waals surface area contributed by atoms with E-state index in [1.807, 2.05) is 19.2 Å². The largest absolute Gasteiger partial charge is 0.467 e. The van der Waals surface area contributed by atoms with E-state index < -0.39 is 0 Å². The Morgan fingerprint density at radius 2 is 2.13 bits per heavy atom. The number of likely N-dealkylation sites (tertiary alicyclic amines) is 1. The smallest absolute Gasteiger partial charge is 0.239 e. The van der Waals surface area contributed by atoms with E-state index in [2.05, 4.69) is 20.4 Å². The molecule has 3 N–H and O–H groups in total. The summed E-state index contributed by atoms with van der Waals surface area (Å²) in [6.45, 7) is 2.09. The van der Waals surface area contributed by atoms with Gasteiger partial charge in [-0.25, -0.2) is 0 Å². The van der Waals surface area contributed by atoms with Crippen LogP contribution in [0.3, 0.4) is 0 Å². The number of amides is 2. The summed E-state index contributed by atoms with van der Waals surface area (Å²) in [4.78, 5) is 29.5. The van der Waals surface area contributed by atoms with E-state index in [4.69, 9.17) is 8.83 Å². The summed E-state index contributed by atoms with van der Waals surface area (Å²) >= 11 is 0. The molecule has 0 radical (unpaired) electrons. The first-order chi connectivity index (χ1) is 15.0. The lowest BCUT2D eigenvalue weighted by atomic mass is 10.0. The Morgan fingerprint density at radius 3 is 2.87 bits per heavy atom. The Hall–Kier alpha value is -2.62. The van der Waals surface area contributed by atoms with Crippen LogP contribution >= 0.6 is 0 Å². The van der Waals surface area contributed by atoms with E-state index in [0.717, 1.165) is 24.5 Å². The number of likely N-dealkylation sites (N-methyl/N-ethyl adjacent to an activating group) is 1. The van der Waals surface area contributed by atoms with Crippen LogP contribution in [0.5, 0.6) is 0 Å². The number of aliphatic hydroxyl groups is 1. The molecule has 168 valence electrons. The summed E-state index contributed by atoms with van der Waals surface area (Å²) in [5.74, 6) is 1.99. The highest BCUT2D eigenvalue weighted by Crippen LogP contribution is 2.29. The molecule has 0 aromatic carbocycles. The van der Waals surface area contributed by atoms with Crippen LogP contribution in [0.1, 0.15) is 36.5 Å². The number of hydrogen-bond donors (Lipinski definition) is 3. The first-order valence-corrected chi connectivity index (χ1v) is 10.8. The minimum Gasteiger partial charge on any atom is -0.467 e. The van der Waals surface area contributed by atoms with Crippen molar-refractivity contribution in [2.24, 2.45) is 0 Å². The minimum absolute atomic E-state index is 0.0214. The zero-order valence-electron chi connectivity index (χ0n) is 17.8. The molecule has 31 heavy (non-hydrogen) atoms. The third-order valence-corrected chi connectivity index (χ3v) is 6.33. The lowest BCUT2D eigenvalue weighted by Crippen LogP contribution is -2.49. The van der Waals surface area contributed by atoms with Crippen molar-refractivity contribution < 1.29 is 23.5 Å². The van der Waals surface area contributed by atoms with E-state index >= 15 is 0 Å². The molecule has 2 aliphatic rings. The maximum atomic E-state index is 12.9. The molecular formula is C22H30N4O5. The molecule has 0 unspecified atom stereocenters. The second-order valence-corrected chi connectivity index (χ2v) is 8.26. The van der Waals surface area contributed by atoms with Crippen molar-refractivity contribution in [3.8, 4) is 0 Å². The highest BCUT2D eigenvalue weighted by Gasteiger charge is 2.45. The minimum atomic E-state index is -0.259. The van der Waals surface area contributed by atoms with Crippen molar-refractivity contribution in [1.29, 1.82) is 0 Å². The first-order valence-electron chi connectivity index (χ1n) is 10.8. The number of hydrogen-bond acceptors (Lipinski definition) is 7. The van der Waals surface area contributed by atoms with Gasteiger partial charge in [-0.05, 0) is 44.2 Å². The maximum Gasteiger partial charge on any atom is 0.239 e. The molecule has 2 saturated heterocycles. The quantitative estimate of drug-likeness (QED) is 0.569. The molecule has 9 heteroatoms. The van der Waals surface area contributed by atoms with Gasteiger partial charge in [0.2, 0.25) is 11.8 Å². The van der Waals surface area contributed by atoms with Crippen LogP contribution in [-0.2, 0) is 29.3 Å². The van der Waals surface area contributed by atoms with Crippen LogP contribution < -0.4 is 10.6 Å². The van der Waals surface area contributed by atoms with E-state index in [9.17, 15) is 14.7 Å². The van der Waals surface area contributed by atoms with Gasteiger partial charge < -0.3 is 24.6 Å². The van der Waals surface area contributed by atoms with Gasteiger partial charge in [0.25, 0.3) is 0 Å². The molecule has 2 aromatic heterocycles. The van der Waals surface area contributed by atoms with E-state index in [1.54, 1.807) is 18.4 Å². The van der Waals surface area contributed by atoms with Crippen molar-refractivity contribution in [3.05, 3.63) is 47.8 Å². The molecule has 0 aliphatic carbocycles. The van der Waals surface area contributed by atoms with Crippen LogP contribution in [0.25, 0.3) is 0 Å². The van der Waals surface area contributed by atoms with Crippen LogP contribution in [0, 0.1) is 0 Å². The zero-order chi connectivity index (χ0) is 21.8. The predicted octanol–water partition coefficient (Wildman–Crippen LogP) is 0.835. The molecule has 0 bridgehead atoms. The number of nitrogens with zero attached hydrogens (tertiary/aromatic N) is 2. The lowest BCUT2D eigenvalue weighted by Gasteiger charge is -2.32. The van der Waals surface area contributed by atoms with Crippen molar-refractivity contribution in [1.82, 2.24) is 20.4 Å². The van der Waals surface area contributed by atoms with Gasteiger partial charge in [-0.2, -0.15) is 0 Å². The van der Waals surface area contributed by atoms with E-state index in [0.29, 0.717) is 38.2 Å². The fourth-order valence-electron chi connectivity index (χ4n) is 4.60. The molecule has 0 saturated carbocycles. The molecular weight excluding hydrogens is 400 g/mol. The standard InChI is InChI=1S/C22H30N4O5/c1-25-15(4-7-20(28)23-12-16-3-2-10-30-16)11-24-22(29)21-19(25)8-9-26(21)13-17-5-6-18(14-27)31-17/h2-3,5-6,10,15,19,21,27H,4,7-9,11-14H2,1H3,(H,23,28)(H,24,29)/t15-,19+,21-/m0/s1. The van der Waals surface area contributed by atoms with Gasteiger partial charge in [0.1, 0.15) is 29.9 Å². The van der Waals surface area contributed by atoms with Crippen molar-refractivity contribution in [2.75, 3.05) is 20.1 Å². The fourth-order valence-corrected chi connectivity index (χ4v) is 4.60. The number of furan rings is 2. The molecule has 3 atom stereocenters. The average molecular weight is 431 g/mol. The van der Waals surface area contributed by atoms with Gasteiger partial charge in [-0.1, -0.05) is 0 Å². The number of nitrogens with one attached hydrogen (secondary N) is 2. The molecule has 2 aromatic rings. The van der Waals surface area contributed by atoms with Crippen LogP contribution in [-0.4, -0.2) is 65.0 Å². The van der Waals surface area contributed by atoms with Gasteiger partial charge in [-0.15, -0.1) is 0 Å². The number of fused-ring (bicyclic) bond motifs is 1. The number of carbonyl (C=O) groups excluding carboxylic acids is 2. The Morgan fingerprint density at radius 1 is 1.29 bits per heavy atom. The predicted molar refractivity (Wildman–Crippen MR) is 112 cm³/mol. The van der Waals surface area contributed by atoms with Crippen LogP contribution in [0.15, 0.2) is 39.4 Å². The highest BCUT2D eigenvalue weighted by molar-refractivity contribution is 5.83. The maximum absolute atomic E-state index is 12.9. The normalized spacial score (nSPS) is 24.6. The molecule has 0 spiro atoms. The van der Waals surface area contributed by atoms with Gasteiger partial charge in [0.05, 0.1) is 19.4 Å². The summed E-state index contributed by atoms with van der Waals surface area (Å²) in [7, 11) is 2.05. The summed E-state index contributed by atoms with van der Waals surface area (Å²) < 4.78 is 10.9. The van der Waals surface area contributed by atoms with Crippen molar-refractivity contribution in [2.45, 2.75) is 57.1 Å². The third-order valence-electron chi connectivity index (χ3n) is 6.33. The summed E-state index contributed by atoms with van der Waals surface area (Å²) in [5, 5.41) is 15.1. The summed E-state index contributed by atoms with van der Waals surface area (Å²) in [6.07, 6.45) is 3.53. The second kappa shape index (κ2) is 9.67. The number of carbonyl (C=O) groups is 2. The molecule has 2 fully saturated rings. The average Bonchev–Trinajstić information content (AvgIpc) is 3.51. The first kappa shape index (κ1) is 21.6. The monoisotopic (exact) mass is 430 g/mol. The van der Waals surface area contributed by atoms with E-state index in [-0.39, 0.29) is 36.5 Å². The van der Waals surface area contributed by atoms with Gasteiger partial charge in [0, 0.05) is 31.6 Å². The van der Waals surface area contributed by atoms with E-state index in [1.165, 1.54) is 0 Å². The highest BCUT2D eigenvalue weighted by atomic mass is 16.4. The Labute approximate surface area is 181 Å². The topological polar surface area (TPSA) is 111 Å². The summed E-state index contributed by atoms with van der Waals surface area (Å²) in [5.41, 5.74) is 0. The van der Waals surface area contributed by atoms with Crippen LogP contribution in [0.2, 0.25) is 0 Å². The molecule has 4 heterocycles. The van der Waals surface area contributed by atoms with Crippen molar-refractivity contribution >= 4 is 11.8 Å². The lowest BCUT2D eigenvalue weighted by molar-refractivity contribution is -0.126. The third kappa shape index (κ3) is 5.00. The number of rotatable bonds is 8. The second-order valence-electron chi connectivity index (χ2n) is 8.26. The van der Waals surface area contributed by atoms with Gasteiger partial charge in [0.15, 0.2) is 0 Å². The summed E-state index contributed by atoms with van der Waals surface area (Å²) in [6, 6.07) is 7.16. The number of aliphatic hydroxyl groups excluding tert-OH is 1. The molecule has 2 aliphatic heterocycles. The van der Waals surface area contributed by atoms with Crippen LogP contribution in [0.4, 0.5) is 0 Å². The van der Waals surface area contributed by atoms with Crippen molar-refractivity contribution in [3.63, 3.8) is 0 Å². The Bertz CT molecular complexity index is 880. The van der Waals surface area contributed by atoms with Gasteiger partial charge in [-0.3, -0.25) is 19.4 Å². The fraction of sp³-hybridized carbons (Fsp3) is 0.545. The Balaban J connectivity index is 1.33. The molecule has 4 rings (SSSR count). The Kier molecular flexibility index (Phi) is 6.74. The zero-order valence-corrected chi connectivity index (χ0v) is 17.8. The molecule has 9 nitrogen and oxygen atoms in total. The SMILES string of the molecule is CN1[C@@H](CCC(=O)NCc2ccco2)CNC(=O)[C@@H]2[C@H]1CCN2Cc1ccc(CO)o1.